The summed E-state index contributed by atoms with van der Waals surface area (Å²) in [7, 11) is 0. The van der Waals surface area contributed by atoms with Gasteiger partial charge in [-0.15, -0.1) is 5.10 Å². The Hall–Kier alpha value is -4.47. The van der Waals surface area contributed by atoms with E-state index in [1.807, 2.05) is 44.2 Å². The van der Waals surface area contributed by atoms with Gasteiger partial charge in [0, 0.05) is 18.2 Å². The molecule has 1 aromatic heterocycles. The summed E-state index contributed by atoms with van der Waals surface area (Å²) < 4.78 is 46.3. The highest BCUT2D eigenvalue weighted by atomic mass is 19.4. The van der Waals surface area contributed by atoms with Crippen molar-refractivity contribution in [3.63, 3.8) is 0 Å². The van der Waals surface area contributed by atoms with Crippen molar-refractivity contribution < 1.29 is 27.5 Å². The lowest BCUT2D eigenvalue weighted by atomic mass is 10.2. The van der Waals surface area contributed by atoms with Gasteiger partial charge in [0.25, 0.3) is 11.7 Å². The third-order valence-corrected chi connectivity index (χ3v) is 5.71. The summed E-state index contributed by atoms with van der Waals surface area (Å²) in [5.74, 6) is -1.60. The number of esters is 1. The number of ether oxygens (including phenoxy) is 1. The molecule has 0 aliphatic heterocycles. The first-order valence-corrected chi connectivity index (χ1v) is 11.8. The summed E-state index contributed by atoms with van der Waals surface area (Å²) in [4.78, 5) is 31.5. The third kappa shape index (κ3) is 6.26. The second-order valence-corrected chi connectivity index (χ2v) is 8.76. The number of benzene rings is 3. The highest BCUT2D eigenvalue weighted by Crippen LogP contribution is 2.31. The fraction of sp³-hybridized carbons (Fsp3) is 0.214. The molecule has 0 fully saturated rings. The molecule has 0 radical (unpaired) electrons. The molecule has 196 valence electrons. The van der Waals surface area contributed by atoms with Gasteiger partial charge >= 0.3 is 12.1 Å². The zero-order valence-corrected chi connectivity index (χ0v) is 20.7. The molecule has 0 unspecified atom stereocenters. The zero-order valence-electron chi connectivity index (χ0n) is 20.7. The molecule has 1 heterocycles. The molecule has 0 bridgehead atoms. The average molecular weight is 523 g/mol. The minimum Gasteiger partial charge on any atom is -0.450 e. The van der Waals surface area contributed by atoms with Gasteiger partial charge in [0.05, 0.1) is 11.3 Å². The summed E-state index contributed by atoms with van der Waals surface area (Å²) in [6.45, 7) is 3.51. The molecular formula is C28H25F3N4O3. The zero-order chi connectivity index (χ0) is 27.3. The number of hydrogen-bond acceptors (Lipinski definition) is 5. The monoisotopic (exact) mass is 522 g/mol. The van der Waals surface area contributed by atoms with E-state index in [2.05, 4.69) is 10.1 Å². The SMILES string of the molecule is CC(C)N(Cc1ccccc1)C(=O)COC(=O)c1nc(-c2ccccc2)n(-c2cccc(C(F)(F)F)c2)n1. The standard InChI is InChI=1S/C28H25F3N4O3/c1-19(2)34(17-20-10-5-3-6-11-20)24(36)18-38-27(37)25-32-26(21-12-7-4-8-13-21)35(33-25)23-15-9-14-22(16-23)28(29,30)31/h3-16,19H,17-18H2,1-2H3. The Balaban J connectivity index is 1.58. The lowest BCUT2D eigenvalue weighted by molar-refractivity contribution is -0.138. The molecule has 4 aromatic rings. The Kier molecular flexibility index (Phi) is 7.90. The molecule has 3 aromatic carbocycles. The van der Waals surface area contributed by atoms with Crippen molar-refractivity contribution in [2.24, 2.45) is 0 Å². The van der Waals surface area contributed by atoms with Gasteiger partial charge in [-0.05, 0) is 37.6 Å². The van der Waals surface area contributed by atoms with Crippen LogP contribution in [0.15, 0.2) is 84.9 Å². The van der Waals surface area contributed by atoms with E-state index < -0.39 is 30.2 Å². The molecule has 0 spiro atoms. The van der Waals surface area contributed by atoms with Crippen LogP contribution in [0.5, 0.6) is 0 Å². The van der Waals surface area contributed by atoms with E-state index >= 15 is 0 Å². The van der Waals surface area contributed by atoms with Gasteiger partial charge in [0.2, 0.25) is 0 Å². The molecule has 7 nitrogen and oxygen atoms in total. The first-order valence-electron chi connectivity index (χ1n) is 11.8. The molecule has 4 rings (SSSR count). The van der Waals surface area contributed by atoms with Gasteiger partial charge in [-0.25, -0.2) is 14.5 Å². The normalized spacial score (nSPS) is 11.4. The smallest absolute Gasteiger partial charge is 0.416 e. The van der Waals surface area contributed by atoms with Crippen LogP contribution in [0, 0.1) is 0 Å². The predicted octanol–water partition coefficient (Wildman–Crippen LogP) is 5.55. The van der Waals surface area contributed by atoms with Crippen molar-refractivity contribution in [2.75, 3.05) is 6.61 Å². The highest BCUT2D eigenvalue weighted by molar-refractivity contribution is 5.88. The van der Waals surface area contributed by atoms with Gasteiger partial charge in [0.1, 0.15) is 0 Å². The van der Waals surface area contributed by atoms with E-state index in [9.17, 15) is 22.8 Å². The molecule has 0 N–H and O–H groups in total. The number of halogens is 3. The van der Waals surface area contributed by atoms with Crippen molar-refractivity contribution in [3.05, 3.63) is 102 Å². The average Bonchev–Trinajstić information content (AvgIpc) is 3.36. The quantitative estimate of drug-likeness (QED) is 0.284. The minimum absolute atomic E-state index is 0.0650. The third-order valence-electron chi connectivity index (χ3n) is 5.71. The number of hydrogen-bond donors (Lipinski definition) is 0. The number of nitrogens with zero attached hydrogens (tertiary/aromatic N) is 4. The lowest BCUT2D eigenvalue weighted by Crippen LogP contribution is -2.39. The Bertz CT molecular complexity index is 1400. The maximum Gasteiger partial charge on any atom is 0.416 e. The Morgan fingerprint density at radius 2 is 1.61 bits per heavy atom. The maximum absolute atomic E-state index is 13.3. The predicted molar refractivity (Wildman–Crippen MR) is 134 cm³/mol. The maximum atomic E-state index is 13.3. The second kappa shape index (κ2) is 11.3. The van der Waals surface area contributed by atoms with Crippen molar-refractivity contribution in [3.8, 4) is 17.1 Å². The molecular weight excluding hydrogens is 497 g/mol. The van der Waals surface area contributed by atoms with Crippen LogP contribution in [0.4, 0.5) is 13.2 Å². The molecule has 0 saturated heterocycles. The van der Waals surface area contributed by atoms with Gasteiger partial charge in [-0.2, -0.15) is 13.2 Å². The summed E-state index contributed by atoms with van der Waals surface area (Å²) in [5.41, 5.74) is 0.651. The van der Waals surface area contributed by atoms with Gasteiger partial charge in [0.15, 0.2) is 12.4 Å². The summed E-state index contributed by atoms with van der Waals surface area (Å²) >= 11 is 0. The van der Waals surface area contributed by atoms with Crippen LogP contribution in [-0.2, 0) is 22.3 Å². The summed E-state index contributed by atoms with van der Waals surface area (Å²) in [6.07, 6.45) is -4.56. The van der Waals surface area contributed by atoms with Crippen LogP contribution >= 0.6 is 0 Å². The van der Waals surface area contributed by atoms with Crippen molar-refractivity contribution in [2.45, 2.75) is 32.6 Å². The molecule has 38 heavy (non-hydrogen) atoms. The van der Waals surface area contributed by atoms with Crippen LogP contribution in [0.1, 0.15) is 35.6 Å². The number of amides is 1. The van der Waals surface area contributed by atoms with Crippen molar-refractivity contribution in [1.82, 2.24) is 19.7 Å². The van der Waals surface area contributed by atoms with E-state index in [1.165, 1.54) is 12.1 Å². The molecule has 0 aliphatic carbocycles. The van der Waals surface area contributed by atoms with Gasteiger partial charge in [-0.1, -0.05) is 66.7 Å². The van der Waals surface area contributed by atoms with E-state index in [4.69, 9.17) is 4.74 Å². The van der Waals surface area contributed by atoms with Crippen molar-refractivity contribution in [1.29, 1.82) is 0 Å². The Morgan fingerprint density at radius 3 is 2.24 bits per heavy atom. The topological polar surface area (TPSA) is 77.3 Å². The number of aromatic nitrogens is 3. The van der Waals surface area contributed by atoms with E-state index in [-0.39, 0.29) is 23.4 Å². The second-order valence-electron chi connectivity index (χ2n) is 8.76. The van der Waals surface area contributed by atoms with Gasteiger partial charge < -0.3 is 9.64 Å². The lowest BCUT2D eigenvalue weighted by Gasteiger charge is -2.26. The summed E-state index contributed by atoms with van der Waals surface area (Å²) in [5, 5.41) is 4.14. The fourth-order valence-electron chi connectivity index (χ4n) is 3.78. The Labute approximate surface area is 217 Å². The number of carbonyl (C=O) groups is 2. The number of rotatable bonds is 8. The fourth-order valence-corrected chi connectivity index (χ4v) is 3.78. The number of carbonyl (C=O) groups excluding carboxylic acids is 2. The van der Waals surface area contributed by atoms with Crippen LogP contribution < -0.4 is 0 Å². The first-order chi connectivity index (χ1) is 18.1. The first kappa shape index (κ1) is 26.6. The molecule has 0 atom stereocenters. The molecule has 10 heteroatoms. The Morgan fingerprint density at radius 1 is 0.947 bits per heavy atom. The molecule has 0 saturated carbocycles. The van der Waals surface area contributed by atoms with Gasteiger partial charge in [-0.3, -0.25) is 4.79 Å². The van der Waals surface area contributed by atoms with Crippen LogP contribution in [0.25, 0.3) is 17.1 Å². The summed E-state index contributed by atoms with van der Waals surface area (Å²) in [6, 6.07) is 22.4. The highest BCUT2D eigenvalue weighted by Gasteiger charge is 2.31. The molecule has 1 amide bonds. The number of alkyl halides is 3. The van der Waals surface area contributed by atoms with Crippen LogP contribution in [0.2, 0.25) is 0 Å². The largest absolute Gasteiger partial charge is 0.450 e. The van der Waals surface area contributed by atoms with E-state index in [0.29, 0.717) is 12.1 Å². The van der Waals surface area contributed by atoms with E-state index in [1.54, 1.807) is 35.2 Å². The van der Waals surface area contributed by atoms with E-state index in [0.717, 1.165) is 22.4 Å². The molecule has 0 aliphatic rings. The van der Waals surface area contributed by atoms with Crippen LogP contribution in [-0.4, -0.2) is 44.2 Å². The van der Waals surface area contributed by atoms with Crippen molar-refractivity contribution >= 4 is 11.9 Å². The van der Waals surface area contributed by atoms with Crippen LogP contribution in [0.3, 0.4) is 0 Å². The minimum atomic E-state index is -4.56.